The van der Waals surface area contributed by atoms with Crippen LogP contribution >= 0.6 is 23.4 Å². The minimum atomic E-state index is -0.121. The summed E-state index contributed by atoms with van der Waals surface area (Å²) in [5, 5.41) is 5.47. The Hall–Kier alpha value is -2.24. The van der Waals surface area contributed by atoms with Gasteiger partial charge in [-0.2, -0.15) is 0 Å². The molecule has 4 nitrogen and oxygen atoms in total. The van der Waals surface area contributed by atoms with Crippen LogP contribution in [0.5, 0.6) is 5.75 Å². The maximum Gasteiger partial charge on any atom is 0.234 e. The molecule has 0 bridgehead atoms. The van der Waals surface area contributed by atoms with Gasteiger partial charge in [0, 0.05) is 16.5 Å². The molecule has 3 rings (SSSR count). The largest absolute Gasteiger partial charge is 0.495 e. The van der Waals surface area contributed by atoms with Crippen molar-refractivity contribution in [3.05, 3.63) is 58.1 Å². The van der Waals surface area contributed by atoms with E-state index < -0.39 is 0 Å². The van der Waals surface area contributed by atoms with E-state index in [2.05, 4.69) is 18.3 Å². The van der Waals surface area contributed by atoms with E-state index in [0.717, 1.165) is 32.6 Å². The molecule has 0 radical (unpaired) electrons. The van der Waals surface area contributed by atoms with E-state index in [1.807, 2.05) is 38.1 Å². The predicted molar refractivity (Wildman–Crippen MR) is 113 cm³/mol. The highest BCUT2D eigenvalue weighted by atomic mass is 35.5. The van der Waals surface area contributed by atoms with Gasteiger partial charge in [-0.1, -0.05) is 41.6 Å². The quantitative estimate of drug-likeness (QED) is 0.570. The minimum Gasteiger partial charge on any atom is -0.495 e. The lowest BCUT2D eigenvalue weighted by molar-refractivity contribution is -0.113. The van der Waals surface area contributed by atoms with Crippen LogP contribution in [0.2, 0.25) is 5.02 Å². The van der Waals surface area contributed by atoms with Gasteiger partial charge in [-0.15, -0.1) is 0 Å². The third-order valence-electron chi connectivity index (χ3n) is 4.33. The zero-order chi connectivity index (χ0) is 19.6. The highest BCUT2D eigenvalue weighted by Gasteiger charge is 2.12. The van der Waals surface area contributed by atoms with E-state index in [-0.39, 0.29) is 11.7 Å². The molecule has 0 fully saturated rings. The average Bonchev–Trinajstić information content (AvgIpc) is 2.64. The van der Waals surface area contributed by atoms with Crippen molar-refractivity contribution in [2.24, 2.45) is 0 Å². The smallest absolute Gasteiger partial charge is 0.234 e. The Morgan fingerprint density at radius 1 is 1.15 bits per heavy atom. The molecule has 0 saturated heterocycles. The van der Waals surface area contributed by atoms with Gasteiger partial charge in [0.2, 0.25) is 5.91 Å². The van der Waals surface area contributed by atoms with E-state index in [1.54, 1.807) is 13.2 Å². The first-order valence-corrected chi connectivity index (χ1v) is 9.89. The molecule has 2 aromatic carbocycles. The molecule has 27 heavy (non-hydrogen) atoms. The highest BCUT2D eigenvalue weighted by molar-refractivity contribution is 7.99. The topological polar surface area (TPSA) is 51.2 Å². The van der Waals surface area contributed by atoms with E-state index in [1.165, 1.54) is 11.8 Å². The number of para-hydroxylation sites is 1. The van der Waals surface area contributed by atoms with E-state index in [9.17, 15) is 4.79 Å². The standard InChI is InChI=1S/C21H21ClN2O2S/c1-12-6-5-7-15-13(2)9-20(24-21(12)15)27-11-19(25)23-17-8-14(3)16(22)10-18(17)26-4/h5-10H,11H2,1-4H3,(H,23,25). The van der Waals surface area contributed by atoms with Gasteiger partial charge in [0.1, 0.15) is 5.75 Å². The van der Waals surface area contributed by atoms with Crippen molar-refractivity contribution in [2.45, 2.75) is 25.8 Å². The molecule has 0 spiro atoms. The summed E-state index contributed by atoms with van der Waals surface area (Å²) in [6.45, 7) is 6.00. The van der Waals surface area contributed by atoms with Gasteiger partial charge < -0.3 is 10.1 Å². The molecule has 0 unspecified atom stereocenters. The Balaban J connectivity index is 1.74. The van der Waals surface area contributed by atoms with Crippen LogP contribution in [-0.2, 0) is 4.79 Å². The average molecular weight is 401 g/mol. The van der Waals surface area contributed by atoms with Gasteiger partial charge >= 0.3 is 0 Å². The molecular weight excluding hydrogens is 380 g/mol. The van der Waals surface area contributed by atoms with Crippen molar-refractivity contribution in [3.63, 3.8) is 0 Å². The summed E-state index contributed by atoms with van der Waals surface area (Å²) < 4.78 is 5.30. The van der Waals surface area contributed by atoms with Crippen LogP contribution in [0.15, 0.2) is 41.4 Å². The summed E-state index contributed by atoms with van der Waals surface area (Å²) in [6.07, 6.45) is 0. The zero-order valence-electron chi connectivity index (χ0n) is 15.7. The Morgan fingerprint density at radius 2 is 1.93 bits per heavy atom. The monoisotopic (exact) mass is 400 g/mol. The molecule has 1 aromatic heterocycles. The minimum absolute atomic E-state index is 0.121. The maximum atomic E-state index is 12.4. The highest BCUT2D eigenvalue weighted by Crippen LogP contribution is 2.31. The van der Waals surface area contributed by atoms with Gasteiger partial charge in [0.05, 0.1) is 29.1 Å². The number of methoxy groups -OCH3 is 1. The second-order valence-corrected chi connectivity index (χ2v) is 7.79. The van der Waals surface area contributed by atoms with Crippen molar-refractivity contribution < 1.29 is 9.53 Å². The van der Waals surface area contributed by atoms with Crippen molar-refractivity contribution in [1.82, 2.24) is 4.98 Å². The molecule has 0 atom stereocenters. The first-order valence-electron chi connectivity index (χ1n) is 8.53. The third-order valence-corrected chi connectivity index (χ3v) is 5.65. The molecule has 3 aromatic rings. The molecule has 0 saturated carbocycles. The number of carbonyl (C=O) groups excluding carboxylic acids is 1. The van der Waals surface area contributed by atoms with Crippen molar-refractivity contribution in [2.75, 3.05) is 18.2 Å². The number of thioether (sulfide) groups is 1. The lowest BCUT2D eigenvalue weighted by Gasteiger charge is -2.12. The van der Waals surface area contributed by atoms with Crippen molar-refractivity contribution in [1.29, 1.82) is 0 Å². The van der Waals surface area contributed by atoms with Crippen LogP contribution in [0.1, 0.15) is 16.7 Å². The number of pyridine rings is 1. The first kappa shape index (κ1) is 19.5. The number of rotatable bonds is 5. The van der Waals surface area contributed by atoms with Crippen LogP contribution < -0.4 is 10.1 Å². The van der Waals surface area contributed by atoms with Crippen molar-refractivity contribution in [3.8, 4) is 5.75 Å². The number of amides is 1. The van der Waals surface area contributed by atoms with Crippen LogP contribution in [0.25, 0.3) is 10.9 Å². The number of benzene rings is 2. The van der Waals surface area contributed by atoms with Crippen molar-refractivity contribution >= 4 is 45.9 Å². The number of halogens is 1. The van der Waals surface area contributed by atoms with Crippen LogP contribution in [-0.4, -0.2) is 23.8 Å². The van der Waals surface area contributed by atoms with Gasteiger partial charge in [-0.25, -0.2) is 4.98 Å². The van der Waals surface area contributed by atoms with Crippen LogP contribution in [0.4, 0.5) is 5.69 Å². The van der Waals surface area contributed by atoms with Gasteiger partial charge in [-0.3, -0.25) is 4.79 Å². The lowest BCUT2D eigenvalue weighted by atomic mass is 10.1. The summed E-state index contributed by atoms with van der Waals surface area (Å²) in [5.74, 6) is 0.679. The number of ether oxygens (including phenoxy) is 1. The fourth-order valence-electron chi connectivity index (χ4n) is 2.86. The van der Waals surface area contributed by atoms with Crippen LogP contribution in [0.3, 0.4) is 0 Å². The molecular formula is C21H21ClN2O2S. The molecule has 1 amide bonds. The normalized spacial score (nSPS) is 10.9. The number of aryl methyl sites for hydroxylation is 3. The van der Waals surface area contributed by atoms with Gasteiger partial charge in [0.25, 0.3) is 0 Å². The number of hydrogen-bond acceptors (Lipinski definition) is 4. The summed E-state index contributed by atoms with van der Waals surface area (Å²) >= 11 is 7.53. The molecule has 0 aliphatic rings. The summed E-state index contributed by atoms with van der Waals surface area (Å²) in [7, 11) is 1.55. The first-order chi connectivity index (χ1) is 12.9. The summed E-state index contributed by atoms with van der Waals surface area (Å²) in [6, 6.07) is 11.7. The Kier molecular flexibility index (Phi) is 5.92. The zero-order valence-corrected chi connectivity index (χ0v) is 17.3. The number of anilines is 1. The van der Waals surface area contributed by atoms with E-state index in [4.69, 9.17) is 21.3 Å². The number of carbonyl (C=O) groups is 1. The molecule has 1 N–H and O–H groups in total. The fraction of sp³-hybridized carbons (Fsp3) is 0.238. The number of nitrogens with zero attached hydrogens (tertiary/aromatic N) is 1. The number of aromatic nitrogens is 1. The second-order valence-electron chi connectivity index (χ2n) is 6.39. The number of hydrogen-bond donors (Lipinski definition) is 1. The Labute approximate surface area is 168 Å². The second kappa shape index (κ2) is 8.19. The van der Waals surface area contributed by atoms with E-state index in [0.29, 0.717) is 16.5 Å². The maximum absolute atomic E-state index is 12.4. The molecule has 6 heteroatoms. The fourth-order valence-corrected chi connectivity index (χ4v) is 3.78. The summed E-state index contributed by atoms with van der Waals surface area (Å²) in [5.41, 5.74) is 4.76. The number of fused-ring (bicyclic) bond motifs is 1. The molecule has 0 aliphatic carbocycles. The Morgan fingerprint density at radius 3 is 2.67 bits per heavy atom. The Bertz CT molecular complexity index is 1020. The van der Waals surface area contributed by atoms with E-state index >= 15 is 0 Å². The summed E-state index contributed by atoms with van der Waals surface area (Å²) in [4.78, 5) is 17.1. The van der Waals surface area contributed by atoms with Gasteiger partial charge in [-0.05, 0) is 49.6 Å². The SMILES string of the molecule is COc1cc(Cl)c(C)cc1NC(=O)CSc1cc(C)c2cccc(C)c2n1. The van der Waals surface area contributed by atoms with Crippen LogP contribution in [0, 0.1) is 20.8 Å². The predicted octanol–water partition coefficient (Wildman–Crippen LogP) is 5.55. The van der Waals surface area contributed by atoms with Gasteiger partial charge in [0.15, 0.2) is 0 Å². The third kappa shape index (κ3) is 4.37. The molecule has 1 heterocycles. The lowest BCUT2D eigenvalue weighted by Crippen LogP contribution is -2.15. The number of nitrogens with one attached hydrogen (secondary N) is 1. The molecule has 0 aliphatic heterocycles. The molecule has 140 valence electrons.